The molecular formula is C11H20. The quantitative estimate of drug-likeness (QED) is 0.502. The maximum atomic E-state index is 3.90. The van der Waals surface area contributed by atoms with Gasteiger partial charge in [-0.2, -0.15) is 0 Å². The Morgan fingerprint density at radius 2 is 1.45 bits per heavy atom. The van der Waals surface area contributed by atoms with Gasteiger partial charge in [-0.05, 0) is 36.5 Å². The molecule has 0 radical (unpaired) electrons. The first-order valence-electron chi connectivity index (χ1n) is 4.61. The molecule has 0 atom stereocenters. The second-order valence-electron chi connectivity index (χ2n) is 5.02. The van der Waals surface area contributed by atoms with E-state index in [1.165, 1.54) is 25.7 Å². The fraction of sp³-hybridized carbons (Fsp3) is 0.818. The van der Waals surface area contributed by atoms with Gasteiger partial charge in [0.1, 0.15) is 0 Å². The molecule has 11 heavy (non-hydrogen) atoms. The van der Waals surface area contributed by atoms with Crippen LogP contribution in [0.4, 0.5) is 0 Å². The van der Waals surface area contributed by atoms with Gasteiger partial charge < -0.3 is 0 Å². The van der Waals surface area contributed by atoms with Crippen LogP contribution in [0.2, 0.25) is 0 Å². The lowest BCUT2D eigenvalue weighted by Crippen LogP contribution is -2.27. The normalized spacial score (nSPS) is 27.9. The molecule has 0 saturated heterocycles. The van der Waals surface area contributed by atoms with E-state index in [1.54, 1.807) is 0 Å². The molecule has 0 N–H and O–H groups in total. The maximum Gasteiger partial charge on any atom is -0.0149 e. The van der Waals surface area contributed by atoms with Crippen molar-refractivity contribution in [2.75, 3.05) is 0 Å². The summed E-state index contributed by atoms with van der Waals surface area (Å²) in [4.78, 5) is 0. The standard InChI is InChI=1S/C11H20/c1-5-11(4)8-6-10(2,3)7-9-11/h5H,1,6-9H2,2-4H3. The highest BCUT2D eigenvalue weighted by molar-refractivity contribution is 4.96. The van der Waals surface area contributed by atoms with Crippen molar-refractivity contribution in [1.82, 2.24) is 0 Å². The van der Waals surface area contributed by atoms with Crippen LogP contribution in [0.3, 0.4) is 0 Å². The Hall–Kier alpha value is -0.260. The van der Waals surface area contributed by atoms with Crippen molar-refractivity contribution in [2.24, 2.45) is 10.8 Å². The van der Waals surface area contributed by atoms with Crippen LogP contribution < -0.4 is 0 Å². The molecule has 0 heteroatoms. The van der Waals surface area contributed by atoms with E-state index in [4.69, 9.17) is 0 Å². The summed E-state index contributed by atoms with van der Waals surface area (Å²) >= 11 is 0. The van der Waals surface area contributed by atoms with E-state index in [-0.39, 0.29) is 0 Å². The van der Waals surface area contributed by atoms with Gasteiger partial charge in [0.2, 0.25) is 0 Å². The van der Waals surface area contributed by atoms with Crippen LogP contribution in [0, 0.1) is 10.8 Å². The molecule has 64 valence electrons. The van der Waals surface area contributed by atoms with Gasteiger partial charge in [-0.1, -0.05) is 26.8 Å². The minimum atomic E-state index is 0.440. The SMILES string of the molecule is C=CC1(C)CCC(C)(C)CC1. The summed E-state index contributed by atoms with van der Waals surface area (Å²) in [6.45, 7) is 11.0. The second kappa shape index (κ2) is 2.66. The molecule has 1 saturated carbocycles. The third-order valence-corrected chi connectivity index (χ3v) is 3.24. The van der Waals surface area contributed by atoms with Crippen molar-refractivity contribution in [1.29, 1.82) is 0 Å². The smallest absolute Gasteiger partial charge is 0.0149 e. The zero-order chi connectivity index (χ0) is 8.54. The average Bonchev–Trinajstić information content (AvgIpc) is 1.97. The van der Waals surface area contributed by atoms with Crippen LogP contribution in [0.25, 0.3) is 0 Å². The molecule has 0 aromatic heterocycles. The predicted molar refractivity (Wildman–Crippen MR) is 50.6 cm³/mol. The molecule has 0 unspecified atom stereocenters. The molecule has 1 fully saturated rings. The lowest BCUT2D eigenvalue weighted by Gasteiger charge is -2.39. The first kappa shape index (κ1) is 8.83. The Labute approximate surface area is 70.7 Å². The zero-order valence-corrected chi connectivity index (χ0v) is 8.11. The molecule has 1 rings (SSSR count). The van der Waals surface area contributed by atoms with Gasteiger partial charge in [0, 0.05) is 0 Å². The molecule has 1 aliphatic rings. The van der Waals surface area contributed by atoms with Crippen LogP contribution >= 0.6 is 0 Å². The first-order valence-corrected chi connectivity index (χ1v) is 4.61. The van der Waals surface area contributed by atoms with E-state index in [0.717, 1.165) is 0 Å². The third-order valence-electron chi connectivity index (χ3n) is 3.24. The van der Waals surface area contributed by atoms with E-state index < -0.39 is 0 Å². The van der Waals surface area contributed by atoms with Gasteiger partial charge in [0.05, 0.1) is 0 Å². The Kier molecular flexibility index (Phi) is 2.13. The molecule has 0 amide bonds. The number of allylic oxidation sites excluding steroid dienone is 1. The average molecular weight is 152 g/mol. The van der Waals surface area contributed by atoms with Crippen molar-refractivity contribution >= 4 is 0 Å². The second-order valence-corrected chi connectivity index (χ2v) is 5.02. The summed E-state index contributed by atoms with van der Waals surface area (Å²) in [5.41, 5.74) is 1.03. The largest absolute Gasteiger partial charge is 0.103 e. The molecule has 0 aromatic carbocycles. The molecule has 0 aliphatic heterocycles. The Bertz CT molecular complexity index is 143. The van der Waals surface area contributed by atoms with E-state index in [9.17, 15) is 0 Å². The van der Waals surface area contributed by atoms with Crippen molar-refractivity contribution in [3.05, 3.63) is 12.7 Å². The Balaban J connectivity index is 2.54. The van der Waals surface area contributed by atoms with Gasteiger partial charge in [-0.15, -0.1) is 6.58 Å². The van der Waals surface area contributed by atoms with Gasteiger partial charge in [-0.25, -0.2) is 0 Å². The third kappa shape index (κ3) is 2.08. The Morgan fingerprint density at radius 3 is 1.82 bits per heavy atom. The van der Waals surface area contributed by atoms with Crippen LogP contribution in [0.5, 0.6) is 0 Å². The molecule has 0 nitrogen and oxygen atoms in total. The van der Waals surface area contributed by atoms with Crippen LogP contribution in [0.1, 0.15) is 46.5 Å². The summed E-state index contributed by atoms with van der Waals surface area (Å²) in [5.74, 6) is 0. The van der Waals surface area contributed by atoms with E-state index in [1.807, 2.05) is 0 Å². The molecule has 0 spiro atoms. The Morgan fingerprint density at radius 1 is 1.00 bits per heavy atom. The van der Waals surface area contributed by atoms with Crippen molar-refractivity contribution in [3.8, 4) is 0 Å². The van der Waals surface area contributed by atoms with E-state index >= 15 is 0 Å². The lowest BCUT2D eigenvalue weighted by molar-refractivity contribution is 0.155. The number of rotatable bonds is 1. The number of hydrogen-bond donors (Lipinski definition) is 0. The summed E-state index contributed by atoms with van der Waals surface area (Å²) in [6.07, 6.45) is 7.50. The highest BCUT2D eigenvalue weighted by Crippen LogP contribution is 2.45. The summed E-state index contributed by atoms with van der Waals surface area (Å²) in [5, 5.41) is 0. The van der Waals surface area contributed by atoms with Gasteiger partial charge >= 0.3 is 0 Å². The van der Waals surface area contributed by atoms with E-state index in [2.05, 4.69) is 33.4 Å². The van der Waals surface area contributed by atoms with Crippen molar-refractivity contribution < 1.29 is 0 Å². The van der Waals surface area contributed by atoms with Crippen LogP contribution in [-0.2, 0) is 0 Å². The highest BCUT2D eigenvalue weighted by atomic mass is 14.4. The molecule has 0 bridgehead atoms. The molecule has 0 heterocycles. The lowest BCUT2D eigenvalue weighted by atomic mass is 9.66. The van der Waals surface area contributed by atoms with Crippen molar-refractivity contribution in [2.45, 2.75) is 46.5 Å². The van der Waals surface area contributed by atoms with Gasteiger partial charge in [0.25, 0.3) is 0 Å². The van der Waals surface area contributed by atoms with E-state index in [0.29, 0.717) is 10.8 Å². The first-order chi connectivity index (χ1) is 4.97. The maximum absolute atomic E-state index is 3.90. The predicted octanol–water partition coefficient (Wildman–Crippen LogP) is 3.78. The molecule has 1 aliphatic carbocycles. The van der Waals surface area contributed by atoms with Crippen molar-refractivity contribution in [3.63, 3.8) is 0 Å². The number of hydrogen-bond acceptors (Lipinski definition) is 0. The zero-order valence-electron chi connectivity index (χ0n) is 8.11. The minimum absolute atomic E-state index is 0.440. The molecular weight excluding hydrogens is 132 g/mol. The fourth-order valence-electron chi connectivity index (χ4n) is 1.70. The van der Waals surface area contributed by atoms with Crippen LogP contribution in [-0.4, -0.2) is 0 Å². The molecule has 0 aromatic rings. The highest BCUT2D eigenvalue weighted by Gasteiger charge is 2.32. The van der Waals surface area contributed by atoms with Crippen LogP contribution in [0.15, 0.2) is 12.7 Å². The van der Waals surface area contributed by atoms with Gasteiger partial charge in [0.15, 0.2) is 0 Å². The fourth-order valence-corrected chi connectivity index (χ4v) is 1.70. The summed E-state index contributed by atoms with van der Waals surface area (Å²) in [7, 11) is 0. The monoisotopic (exact) mass is 152 g/mol. The minimum Gasteiger partial charge on any atom is -0.103 e. The van der Waals surface area contributed by atoms with Gasteiger partial charge in [-0.3, -0.25) is 0 Å². The topological polar surface area (TPSA) is 0 Å². The summed E-state index contributed by atoms with van der Waals surface area (Å²) < 4.78 is 0. The summed E-state index contributed by atoms with van der Waals surface area (Å²) in [6, 6.07) is 0.